The maximum atomic E-state index is 13.7. The molecule has 0 aliphatic carbocycles. The highest BCUT2D eigenvalue weighted by molar-refractivity contribution is 5.99. The van der Waals surface area contributed by atoms with Gasteiger partial charge in [-0.15, -0.1) is 0 Å². The number of anilines is 1. The molecule has 0 saturated carbocycles. The maximum Gasteiger partial charge on any atom is 0.436 e. The number of halogens is 4. The predicted molar refractivity (Wildman–Crippen MR) is 96.7 cm³/mol. The highest BCUT2D eigenvalue weighted by Gasteiger charge is 2.36. The molecule has 1 aromatic carbocycles. The minimum atomic E-state index is -4.92. The second-order valence-corrected chi connectivity index (χ2v) is 6.51. The lowest BCUT2D eigenvalue weighted by atomic mass is 10.2. The molecule has 1 unspecified atom stereocenters. The Morgan fingerprint density at radius 2 is 2.00 bits per heavy atom. The molecule has 2 amide bonds. The van der Waals surface area contributed by atoms with Gasteiger partial charge >= 0.3 is 6.18 Å². The molecule has 30 heavy (non-hydrogen) atoms. The Bertz CT molecular complexity index is 981. The third-order valence-corrected chi connectivity index (χ3v) is 4.54. The zero-order chi connectivity index (χ0) is 22.1. The van der Waals surface area contributed by atoms with Crippen molar-refractivity contribution >= 4 is 17.5 Å². The van der Waals surface area contributed by atoms with Crippen LogP contribution in [0.2, 0.25) is 0 Å². The van der Waals surface area contributed by atoms with E-state index < -0.39 is 29.6 Å². The van der Waals surface area contributed by atoms with Crippen molar-refractivity contribution in [3.05, 3.63) is 42.0 Å². The summed E-state index contributed by atoms with van der Waals surface area (Å²) in [4.78, 5) is 28.6. The van der Waals surface area contributed by atoms with Crippen LogP contribution in [0.5, 0.6) is 17.2 Å². The second kappa shape index (κ2) is 8.17. The second-order valence-electron chi connectivity index (χ2n) is 6.51. The number of hydrogen-bond donors (Lipinski definition) is 1. The predicted octanol–water partition coefficient (Wildman–Crippen LogP) is 3.60. The van der Waals surface area contributed by atoms with Gasteiger partial charge in [-0.3, -0.25) is 9.59 Å². The third kappa shape index (κ3) is 4.44. The Labute approximate surface area is 168 Å². The Balaban J connectivity index is 1.80. The number of nitrogens with zero attached hydrogens (tertiary/aromatic N) is 2. The summed E-state index contributed by atoms with van der Waals surface area (Å²) in [7, 11) is 2.91. The lowest BCUT2D eigenvalue weighted by Gasteiger charge is -2.20. The average Bonchev–Trinajstić information content (AvgIpc) is 3.00. The van der Waals surface area contributed by atoms with Gasteiger partial charge in [0.05, 0.1) is 19.0 Å². The van der Waals surface area contributed by atoms with Gasteiger partial charge in [0.15, 0.2) is 11.5 Å². The van der Waals surface area contributed by atoms with Crippen LogP contribution >= 0.6 is 0 Å². The van der Waals surface area contributed by atoms with Crippen molar-refractivity contribution in [2.75, 3.05) is 19.5 Å². The summed E-state index contributed by atoms with van der Waals surface area (Å²) in [6.07, 6.45) is -3.54. The van der Waals surface area contributed by atoms with Gasteiger partial charge in [-0.05, 0) is 18.6 Å². The molecule has 1 aliphatic heterocycles. The number of ether oxygens (including phenoxy) is 2. The van der Waals surface area contributed by atoms with Gasteiger partial charge in [0, 0.05) is 25.6 Å². The van der Waals surface area contributed by atoms with Crippen molar-refractivity contribution < 1.29 is 36.6 Å². The number of pyridine rings is 1. The molecule has 1 fully saturated rings. The number of methoxy groups -OCH3 is 1. The Hall–Kier alpha value is -3.37. The summed E-state index contributed by atoms with van der Waals surface area (Å²) in [6.45, 7) is 0. The molecule has 11 heteroatoms. The molecule has 0 spiro atoms. The van der Waals surface area contributed by atoms with E-state index in [0.717, 1.165) is 6.20 Å². The Morgan fingerprint density at radius 1 is 1.27 bits per heavy atom. The fraction of sp³-hybridized carbons (Fsp3) is 0.316. The first-order valence-corrected chi connectivity index (χ1v) is 8.75. The first-order valence-electron chi connectivity index (χ1n) is 8.75. The van der Waals surface area contributed by atoms with Crippen LogP contribution in [-0.4, -0.2) is 41.9 Å². The summed E-state index contributed by atoms with van der Waals surface area (Å²) in [5.41, 5.74) is -1.43. The Morgan fingerprint density at radius 3 is 2.57 bits per heavy atom. The lowest BCUT2D eigenvalue weighted by Crippen LogP contribution is -2.38. The van der Waals surface area contributed by atoms with Gasteiger partial charge in [0.1, 0.15) is 23.3 Å². The first kappa shape index (κ1) is 21.3. The molecule has 0 bridgehead atoms. The smallest absolute Gasteiger partial charge is 0.436 e. The van der Waals surface area contributed by atoms with E-state index in [1.54, 1.807) is 0 Å². The van der Waals surface area contributed by atoms with Crippen molar-refractivity contribution in [1.82, 2.24) is 9.88 Å². The largest absolute Gasteiger partial charge is 0.495 e. The van der Waals surface area contributed by atoms with E-state index >= 15 is 0 Å². The number of nitrogens with one attached hydrogen (secondary N) is 1. The van der Waals surface area contributed by atoms with Crippen LogP contribution in [0.1, 0.15) is 18.5 Å². The molecule has 1 N–H and O–H groups in total. The Kier molecular flexibility index (Phi) is 5.81. The van der Waals surface area contributed by atoms with Crippen molar-refractivity contribution in [1.29, 1.82) is 0 Å². The van der Waals surface area contributed by atoms with Crippen LogP contribution in [0.3, 0.4) is 0 Å². The minimum absolute atomic E-state index is 0.0999. The number of carbonyl (C=O) groups is 2. The number of likely N-dealkylation sites (N-methyl/N-ethyl adjacent to an activating group) is 1. The first-order chi connectivity index (χ1) is 14.1. The number of alkyl halides is 3. The quantitative estimate of drug-likeness (QED) is 0.738. The van der Waals surface area contributed by atoms with E-state index in [2.05, 4.69) is 10.3 Å². The summed E-state index contributed by atoms with van der Waals surface area (Å²) in [5, 5.41) is 2.64. The molecule has 1 aromatic heterocycles. The number of hydrogen-bond acceptors (Lipinski definition) is 5. The number of carbonyl (C=O) groups excluding carboxylic acids is 2. The van der Waals surface area contributed by atoms with E-state index in [0.29, 0.717) is 18.2 Å². The van der Waals surface area contributed by atoms with Crippen molar-refractivity contribution in [3.63, 3.8) is 0 Å². The summed E-state index contributed by atoms with van der Waals surface area (Å²) in [6, 6.07) is 4.18. The molecule has 1 aliphatic rings. The fourth-order valence-corrected chi connectivity index (χ4v) is 3.00. The molecule has 0 radical (unpaired) electrons. The van der Waals surface area contributed by atoms with Crippen LogP contribution in [0.25, 0.3) is 0 Å². The van der Waals surface area contributed by atoms with E-state index in [-0.39, 0.29) is 29.5 Å². The van der Waals surface area contributed by atoms with Gasteiger partial charge in [-0.1, -0.05) is 0 Å². The topological polar surface area (TPSA) is 80.8 Å². The molecule has 3 rings (SSSR count). The summed E-state index contributed by atoms with van der Waals surface area (Å²) < 4.78 is 62.1. The van der Waals surface area contributed by atoms with Crippen LogP contribution in [-0.2, 0) is 15.8 Å². The van der Waals surface area contributed by atoms with E-state index in [4.69, 9.17) is 9.47 Å². The fourth-order valence-electron chi connectivity index (χ4n) is 3.00. The highest BCUT2D eigenvalue weighted by Crippen LogP contribution is 2.34. The van der Waals surface area contributed by atoms with Crippen LogP contribution in [0, 0.1) is 5.82 Å². The number of aromatic nitrogens is 1. The van der Waals surface area contributed by atoms with E-state index in [1.807, 2.05) is 0 Å². The SMILES string of the molecule is COc1ccc(Oc2cnc(C(F)(F)F)c(F)c2)cc1NC(=O)C1CCC(=O)N1C. The number of amides is 2. The van der Waals surface area contributed by atoms with Gasteiger partial charge in [0.2, 0.25) is 11.8 Å². The third-order valence-electron chi connectivity index (χ3n) is 4.54. The zero-order valence-corrected chi connectivity index (χ0v) is 15.9. The van der Waals surface area contributed by atoms with Gasteiger partial charge in [-0.2, -0.15) is 13.2 Å². The summed E-state index contributed by atoms with van der Waals surface area (Å²) >= 11 is 0. The maximum absolute atomic E-state index is 13.7. The van der Waals surface area contributed by atoms with Crippen molar-refractivity contribution in [2.45, 2.75) is 25.1 Å². The molecule has 2 aromatic rings. The molecule has 1 atom stereocenters. The average molecular weight is 427 g/mol. The van der Waals surface area contributed by atoms with Gasteiger partial charge < -0.3 is 19.7 Å². The zero-order valence-electron chi connectivity index (χ0n) is 15.9. The number of benzene rings is 1. The molecule has 1 saturated heterocycles. The van der Waals surface area contributed by atoms with Gasteiger partial charge in [0.25, 0.3) is 0 Å². The molecular weight excluding hydrogens is 410 g/mol. The molecule has 2 heterocycles. The van der Waals surface area contributed by atoms with E-state index in [1.165, 1.54) is 37.3 Å². The molecular formula is C19H17F4N3O4. The van der Waals surface area contributed by atoms with Gasteiger partial charge in [-0.25, -0.2) is 9.37 Å². The monoisotopic (exact) mass is 427 g/mol. The van der Waals surface area contributed by atoms with Crippen LogP contribution in [0.15, 0.2) is 30.5 Å². The molecule has 160 valence electrons. The van der Waals surface area contributed by atoms with Crippen LogP contribution in [0.4, 0.5) is 23.2 Å². The number of likely N-dealkylation sites (tertiary alicyclic amines) is 1. The highest BCUT2D eigenvalue weighted by atomic mass is 19.4. The lowest BCUT2D eigenvalue weighted by molar-refractivity contribution is -0.143. The normalized spacial score (nSPS) is 16.5. The minimum Gasteiger partial charge on any atom is -0.495 e. The molecule has 7 nitrogen and oxygen atoms in total. The number of rotatable bonds is 5. The van der Waals surface area contributed by atoms with Crippen molar-refractivity contribution in [2.24, 2.45) is 0 Å². The van der Waals surface area contributed by atoms with E-state index in [9.17, 15) is 27.2 Å². The standard InChI is InChI=1S/C19H17F4N3O4/c1-26-14(4-6-16(26)27)18(28)25-13-8-10(3-5-15(13)29-2)30-11-7-12(20)17(24-9-11)19(21,22)23/h3,5,7-9,14H,4,6H2,1-2H3,(H,25,28). The van der Waals surface area contributed by atoms with Crippen LogP contribution < -0.4 is 14.8 Å². The summed E-state index contributed by atoms with van der Waals surface area (Å²) in [5.74, 6) is -2.01. The van der Waals surface area contributed by atoms with Crippen molar-refractivity contribution in [3.8, 4) is 17.2 Å².